The molecule has 0 unspecified atom stereocenters. The van der Waals surface area contributed by atoms with Gasteiger partial charge in [-0.2, -0.15) is 5.26 Å². The number of carbonyl (C=O) groups excluding carboxylic acids is 1. The van der Waals surface area contributed by atoms with E-state index in [0.29, 0.717) is 17.0 Å². The van der Waals surface area contributed by atoms with E-state index in [4.69, 9.17) is 4.74 Å². The monoisotopic (exact) mass is 520 g/mol. The van der Waals surface area contributed by atoms with Gasteiger partial charge in [0.2, 0.25) is 0 Å². The number of amides is 1. The lowest BCUT2D eigenvalue weighted by molar-refractivity contribution is -0.384. The molecule has 4 aromatic carbocycles. The maximum absolute atomic E-state index is 13.1. The number of non-ortho nitro benzene ring substituents is 1. The van der Waals surface area contributed by atoms with Crippen molar-refractivity contribution in [1.82, 2.24) is 0 Å². The number of rotatable bonds is 10. The summed E-state index contributed by atoms with van der Waals surface area (Å²) in [6.45, 7) is 6.08. The van der Waals surface area contributed by atoms with Crippen molar-refractivity contribution in [2.45, 2.75) is 20.5 Å². The predicted octanol–water partition coefficient (Wildman–Crippen LogP) is 6.72. The fraction of sp³-hybridized carbons (Fsp3) is 0.161. The molecule has 8 heteroatoms. The van der Waals surface area contributed by atoms with Crippen molar-refractivity contribution >= 4 is 39.8 Å². The van der Waals surface area contributed by atoms with Crippen LogP contribution in [0.3, 0.4) is 0 Å². The van der Waals surface area contributed by atoms with Gasteiger partial charge in [-0.15, -0.1) is 0 Å². The topological polar surface area (TPSA) is 108 Å². The molecule has 1 N–H and O–H groups in total. The van der Waals surface area contributed by atoms with Crippen LogP contribution in [-0.4, -0.2) is 23.9 Å². The minimum atomic E-state index is -0.526. The fourth-order valence-corrected chi connectivity index (χ4v) is 4.26. The number of nitro benzene ring substituents is 1. The van der Waals surface area contributed by atoms with Crippen LogP contribution in [0, 0.1) is 21.4 Å². The van der Waals surface area contributed by atoms with Gasteiger partial charge in [0.15, 0.2) is 0 Å². The minimum Gasteiger partial charge on any atom is -0.488 e. The van der Waals surface area contributed by atoms with Gasteiger partial charge >= 0.3 is 0 Å². The minimum absolute atomic E-state index is 0.000412. The van der Waals surface area contributed by atoms with E-state index in [9.17, 15) is 20.2 Å². The number of fused-ring (bicyclic) bond motifs is 1. The molecule has 0 radical (unpaired) electrons. The molecule has 4 rings (SSSR count). The highest BCUT2D eigenvalue weighted by molar-refractivity contribution is 6.11. The van der Waals surface area contributed by atoms with Crippen LogP contribution in [0.2, 0.25) is 0 Å². The van der Waals surface area contributed by atoms with Gasteiger partial charge < -0.3 is 15.0 Å². The first-order valence-corrected chi connectivity index (χ1v) is 12.6. The summed E-state index contributed by atoms with van der Waals surface area (Å²) >= 11 is 0. The summed E-state index contributed by atoms with van der Waals surface area (Å²) in [7, 11) is 0. The summed E-state index contributed by atoms with van der Waals surface area (Å²) in [6, 6.07) is 27.0. The summed E-state index contributed by atoms with van der Waals surface area (Å²) in [6.07, 6.45) is 1.53. The molecule has 0 bridgehead atoms. The maximum atomic E-state index is 13.1. The van der Waals surface area contributed by atoms with Gasteiger partial charge in [0.1, 0.15) is 24.0 Å². The lowest BCUT2D eigenvalue weighted by Gasteiger charge is -2.21. The molecular formula is C31H28N4O4. The van der Waals surface area contributed by atoms with Crippen molar-refractivity contribution in [3.05, 3.63) is 112 Å². The van der Waals surface area contributed by atoms with Crippen LogP contribution in [0.15, 0.2) is 90.5 Å². The molecule has 1 amide bonds. The summed E-state index contributed by atoms with van der Waals surface area (Å²) in [5, 5.41) is 25.4. The van der Waals surface area contributed by atoms with Crippen LogP contribution in [-0.2, 0) is 11.4 Å². The second-order valence-electron chi connectivity index (χ2n) is 8.75. The molecule has 39 heavy (non-hydrogen) atoms. The molecule has 0 aliphatic heterocycles. The lowest BCUT2D eigenvalue weighted by Crippen LogP contribution is -2.21. The molecule has 0 atom stereocenters. The van der Waals surface area contributed by atoms with Gasteiger partial charge in [0.25, 0.3) is 11.6 Å². The number of hydrogen-bond donors (Lipinski definition) is 1. The molecule has 0 heterocycles. The van der Waals surface area contributed by atoms with E-state index in [-0.39, 0.29) is 17.9 Å². The number of nitrogens with zero attached hydrogens (tertiary/aromatic N) is 3. The summed E-state index contributed by atoms with van der Waals surface area (Å²) < 4.78 is 6.07. The Hall–Kier alpha value is -5.16. The third-order valence-corrected chi connectivity index (χ3v) is 6.38. The van der Waals surface area contributed by atoms with Gasteiger partial charge in [-0.25, -0.2) is 0 Å². The predicted molar refractivity (Wildman–Crippen MR) is 154 cm³/mol. The van der Waals surface area contributed by atoms with E-state index < -0.39 is 10.8 Å². The molecule has 0 spiro atoms. The summed E-state index contributed by atoms with van der Waals surface area (Å²) in [5.74, 6) is -0.0430. The fourth-order valence-electron chi connectivity index (χ4n) is 4.26. The van der Waals surface area contributed by atoms with Gasteiger partial charge in [0.05, 0.1) is 4.92 Å². The SMILES string of the molecule is CCN(CC)c1ccc(NC(=O)/C(C#N)=C\c2c(OCc3ccc([N+](=O)[O-])cc3)ccc3ccccc23)cc1. The number of nitrogens with one attached hydrogen (secondary N) is 1. The van der Waals surface area contributed by atoms with E-state index in [0.717, 1.165) is 35.1 Å². The number of ether oxygens (including phenoxy) is 1. The summed E-state index contributed by atoms with van der Waals surface area (Å²) in [4.78, 5) is 25.8. The second-order valence-corrected chi connectivity index (χ2v) is 8.75. The molecule has 0 aliphatic carbocycles. The van der Waals surface area contributed by atoms with Crippen molar-refractivity contribution < 1.29 is 14.5 Å². The number of hydrogen-bond acceptors (Lipinski definition) is 6. The van der Waals surface area contributed by atoms with E-state index in [1.54, 1.807) is 18.2 Å². The Balaban J connectivity index is 1.61. The van der Waals surface area contributed by atoms with Crippen molar-refractivity contribution in [1.29, 1.82) is 5.26 Å². The van der Waals surface area contributed by atoms with E-state index in [1.165, 1.54) is 18.2 Å². The zero-order valence-corrected chi connectivity index (χ0v) is 21.8. The average molecular weight is 521 g/mol. The number of nitro groups is 1. The number of nitriles is 1. The smallest absolute Gasteiger partial charge is 0.269 e. The van der Waals surface area contributed by atoms with Crippen LogP contribution >= 0.6 is 0 Å². The van der Waals surface area contributed by atoms with Crippen molar-refractivity contribution in [2.24, 2.45) is 0 Å². The first-order chi connectivity index (χ1) is 18.9. The van der Waals surface area contributed by atoms with E-state index in [2.05, 4.69) is 24.1 Å². The first-order valence-electron chi connectivity index (χ1n) is 12.6. The Bertz CT molecular complexity index is 1550. The molecular weight excluding hydrogens is 492 g/mol. The number of carbonyl (C=O) groups is 1. The van der Waals surface area contributed by atoms with E-state index in [1.807, 2.05) is 60.7 Å². The van der Waals surface area contributed by atoms with Gasteiger partial charge in [-0.3, -0.25) is 14.9 Å². The molecule has 0 fully saturated rings. The number of anilines is 2. The summed E-state index contributed by atoms with van der Waals surface area (Å²) in [5.41, 5.74) is 2.91. The molecule has 196 valence electrons. The Morgan fingerprint density at radius 3 is 2.33 bits per heavy atom. The molecule has 0 aromatic heterocycles. The third kappa shape index (κ3) is 6.40. The highest BCUT2D eigenvalue weighted by Crippen LogP contribution is 2.31. The zero-order chi connectivity index (χ0) is 27.8. The standard InChI is InChI=1S/C31H28N4O4/c1-3-34(4-2)26-16-12-25(13-17-26)33-31(36)24(20-32)19-29-28-8-6-5-7-23(28)11-18-30(29)39-21-22-9-14-27(15-10-22)35(37)38/h5-19H,3-4,21H2,1-2H3,(H,33,36)/b24-19-. The molecule has 0 aliphatic rings. The van der Waals surface area contributed by atoms with Gasteiger partial charge in [-0.1, -0.05) is 30.3 Å². The molecule has 8 nitrogen and oxygen atoms in total. The van der Waals surface area contributed by atoms with Crippen molar-refractivity contribution in [3.63, 3.8) is 0 Å². The van der Waals surface area contributed by atoms with Crippen LogP contribution < -0.4 is 15.0 Å². The van der Waals surface area contributed by atoms with E-state index >= 15 is 0 Å². The number of benzene rings is 4. The lowest BCUT2D eigenvalue weighted by atomic mass is 10.0. The molecule has 0 saturated heterocycles. The normalized spacial score (nSPS) is 11.1. The van der Waals surface area contributed by atoms with Crippen LogP contribution in [0.4, 0.5) is 17.1 Å². The van der Waals surface area contributed by atoms with Crippen molar-refractivity contribution in [2.75, 3.05) is 23.3 Å². The quantitative estimate of drug-likeness (QED) is 0.108. The van der Waals surface area contributed by atoms with Crippen LogP contribution in [0.5, 0.6) is 5.75 Å². The largest absolute Gasteiger partial charge is 0.488 e. The molecule has 0 saturated carbocycles. The highest BCUT2D eigenvalue weighted by atomic mass is 16.6. The zero-order valence-electron chi connectivity index (χ0n) is 21.8. The van der Waals surface area contributed by atoms with Crippen LogP contribution in [0.1, 0.15) is 25.0 Å². The Morgan fingerprint density at radius 1 is 1.00 bits per heavy atom. The average Bonchev–Trinajstić information content (AvgIpc) is 2.96. The van der Waals surface area contributed by atoms with Crippen LogP contribution in [0.25, 0.3) is 16.8 Å². The second kappa shape index (κ2) is 12.4. The first kappa shape index (κ1) is 26.9. The van der Waals surface area contributed by atoms with Gasteiger partial charge in [-0.05, 0) is 78.7 Å². The molecule has 4 aromatic rings. The van der Waals surface area contributed by atoms with Gasteiger partial charge in [0, 0.05) is 42.2 Å². The Labute approximate surface area is 226 Å². The Kier molecular flexibility index (Phi) is 8.54. The maximum Gasteiger partial charge on any atom is 0.269 e. The van der Waals surface area contributed by atoms with Crippen molar-refractivity contribution in [3.8, 4) is 11.8 Å². The third-order valence-electron chi connectivity index (χ3n) is 6.38. The highest BCUT2D eigenvalue weighted by Gasteiger charge is 2.15. The Morgan fingerprint density at radius 2 is 1.69 bits per heavy atom.